The van der Waals surface area contributed by atoms with Crippen molar-refractivity contribution in [1.29, 1.82) is 0 Å². The lowest BCUT2D eigenvalue weighted by atomic mass is 9.43. The number of thiophene rings is 1. The molecule has 2 aliphatic heterocycles. The maximum absolute atomic E-state index is 2.74. The molecule has 3 heterocycles. The van der Waals surface area contributed by atoms with Gasteiger partial charge in [-0.15, -0.1) is 11.3 Å². The Bertz CT molecular complexity index is 3840. The minimum Gasteiger partial charge on any atom is -0.376 e. The normalized spacial score (nSPS) is 15.6. The fourth-order valence-corrected chi connectivity index (χ4v) is 14.1. The molecule has 4 heteroatoms. The fraction of sp³-hybridized carbons (Fsp3) is 0.175. The van der Waals surface area contributed by atoms with Crippen molar-refractivity contribution in [1.82, 2.24) is 0 Å². The number of nitrogens with zero attached hydrogens (tertiary/aromatic N) is 2. The number of hydrogen-bond donors (Lipinski definition) is 0. The maximum Gasteiger partial charge on any atom is 0.333 e. The van der Waals surface area contributed by atoms with E-state index in [1.807, 2.05) is 11.3 Å². The first-order valence-corrected chi connectivity index (χ1v) is 24.9. The van der Waals surface area contributed by atoms with E-state index in [4.69, 9.17) is 0 Å². The van der Waals surface area contributed by atoms with E-state index in [1.165, 1.54) is 137 Å². The number of fused-ring (bicyclic) bond motifs is 15. The standard InChI is InChI=1S/C63H51BN2S/c1-36-29-39(61(2,3)4)25-28-53(36)65-55-35-51-45(42-20-12-15-23-49(42)63(51,7)8)33-52(55)64-59-56(65)34-46-43-21-13-16-24-57(43)67-60(46)58(59)47-30-37-17-9-10-18-38(37)31-54(47)66(64)40-26-27-50-44(32-40)41-19-11-14-22-48(41)62(50,5)6/h9-35H,1-8H3. The van der Waals surface area contributed by atoms with Crippen LogP contribution in [0.3, 0.4) is 0 Å². The highest BCUT2D eigenvalue weighted by molar-refractivity contribution is 7.26. The number of hydrogen-bond acceptors (Lipinski definition) is 3. The minimum atomic E-state index is -0.172. The summed E-state index contributed by atoms with van der Waals surface area (Å²) in [4.78, 5) is 5.41. The third kappa shape index (κ3) is 5.17. The summed E-state index contributed by atoms with van der Waals surface area (Å²) in [5.74, 6) is 0. The molecule has 0 atom stereocenters. The van der Waals surface area contributed by atoms with Crippen molar-refractivity contribution >= 4 is 88.5 Å². The lowest BCUT2D eigenvalue weighted by Gasteiger charge is -2.46. The summed E-state index contributed by atoms with van der Waals surface area (Å²) in [6, 6.07) is 63.7. The van der Waals surface area contributed by atoms with Crippen molar-refractivity contribution < 1.29 is 0 Å². The van der Waals surface area contributed by atoms with E-state index >= 15 is 0 Å². The van der Waals surface area contributed by atoms with Crippen LogP contribution in [0.2, 0.25) is 0 Å². The minimum absolute atomic E-state index is 0.0249. The van der Waals surface area contributed by atoms with Gasteiger partial charge in [-0.25, -0.2) is 0 Å². The highest BCUT2D eigenvalue weighted by Gasteiger charge is 2.49. The van der Waals surface area contributed by atoms with Gasteiger partial charge in [-0.1, -0.05) is 164 Å². The monoisotopic (exact) mass is 878 g/mol. The zero-order valence-electron chi connectivity index (χ0n) is 39.5. The van der Waals surface area contributed by atoms with Crippen LogP contribution in [0.15, 0.2) is 164 Å². The van der Waals surface area contributed by atoms with Crippen molar-refractivity contribution in [3.63, 3.8) is 0 Å². The number of anilines is 5. The van der Waals surface area contributed by atoms with Crippen LogP contribution in [0.5, 0.6) is 0 Å². The third-order valence-electron chi connectivity index (χ3n) is 16.3. The summed E-state index contributed by atoms with van der Waals surface area (Å²) in [6.45, 7) is 18.8. The second-order valence-electron chi connectivity index (χ2n) is 21.8. The topological polar surface area (TPSA) is 6.48 Å². The van der Waals surface area contributed by atoms with E-state index in [2.05, 4.69) is 229 Å². The number of aryl methyl sites for hydroxylation is 1. The molecule has 0 fully saturated rings. The first-order valence-electron chi connectivity index (χ1n) is 24.0. The smallest absolute Gasteiger partial charge is 0.333 e. The van der Waals surface area contributed by atoms with Crippen molar-refractivity contribution in [2.24, 2.45) is 0 Å². The van der Waals surface area contributed by atoms with Gasteiger partial charge in [-0.2, -0.15) is 0 Å². The van der Waals surface area contributed by atoms with Crippen LogP contribution in [0.1, 0.15) is 81.8 Å². The highest BCUT2D eigenvalue weighted by atomic mass is 32.1. The molecule has 0 unspecified atom stereocenters. The molecular weight excluding hydrogens is 828 g/mol. The van der Waals surface area contributed by atoms with Crippen LogP contribution in [-0.4, -0.2) is 6.85 Å². The first kappa shape index (κ1) is 39.3. The van der Waals surface area contributed by atoms with Crippen LogP contribution in [-0.2, 0) is 16.2 Å². The molecule has 14 rings (SSSR count). The Labute approximate surface area is 398 Å². The first-order chi connectivity index (χ1) is 32.3. The summed E-state index contributed by atoms with van der Waals surface area (Å²) >= 11 is 1.96. The van der Waals surface area contributed by atoms with Crippen molar-refractivity contribution in [3.8, 4) is 33.4 Å². The molecule has 67 heavy (non-hydrogen) atoms. The third-order valence-corrected chi connectivity index (χ3v) is 17.5. The van der Waals surface area contributed by atoms with E-state index in [9.17, 15) is 0 Å². The molecule has 0 saturated carbocycles. The summed E-state index contributed by atoms with van der Waals surface area (Å²) in [7, 11) is 0. The SMILES string of the molecule is Cc1cc(C(C)(C)C)ccc1N1c2cc3c(cc2B2c4c1cc1c(sc5ccccc51)c4-c1cc4ccccc4cc1N2c1ccc2c(c1)-c1ccccc1C2(C)C)-c1ccccc1C3(C)C. The molecule has 1 aromatic heterocycles. The van der Waals surface area contributed by atoms with Crippen molar-refractivity contribution in [2.45, 2.75) is 71.6 Å². The molecule has 9 aromatic carbocycles. The van der Waals surface area contributed by atoms with Crippen LogP contribution < -0.4 is 20.6 Å². The number of benzene rings is 9. The van der Waals surface area contributed by atoms with Gasteiger partial charge in [-0.3, -0.25) is 0 Å². The predicted molar refractivity (Wildman–Crippen MR) is 289 cm³/mol. The summed E-state index contributed by atoms with van der Waals surface area (Å²) in [6.07, 6.45) is 0. The Balaban J connectivity index is 1.16. The largest absolute Gasteiger partial charge is 0.376 e. The molecular formula is C63H51BN2S. The van der Waals surface area contributed by atoms with E-state index in [0.29, 0.717) is 0 Å². The van der Waals surface area contributed by atoms with E-state index in [0.717, 1.165) is 0 Å². The zero-order chi connectivity index (χ0) is 45.5. The molecule has 10 aromatic rings. The van der Waals surface area contributed by atoms with Crippen molar-refractivity contribution in [3.05, 3.63) is 197 Å². The molecule has 2 aliphatic carbocycles. The Morgan fingerprint density at radius 2 is 1.13 bits per heavy atom. The average Bonchev–Trinajstić information content (AvgIpc) is 3.89. The van der Waals surface area contributed by atoms with Gasteiger partial charge >= 0.3 is 6.85 Å². The molecule has 0 amide bonds. The Kier molecular flexibility index (Phi) is 7.73. The maximum atomic E-state index is 2.74. The van der Waals surface area contributed by atoms with Gasteiger partial charge < -0.3 is 9.71 Å². The fourth-order valence-electron chi connectivity index (χ4n) is 12.9. The zero-order valence-corrected chi connectivity index (χ0v) is 40.3. The summed E-state index contributed by atoms with van der Waals surface area (Å²) < 4.78 is 2.69. The summed E-state index contributed by atoms with van der Waals surface area (Å²) in [5, 5.41) is 5.15. The van der Waals surface area contributed by atoms with Crippen LogP contribution in [0.25, 0.3) is 64.3 Å². The molecule has 322 valence electrons. The molecule has 0 radical (unpaired) electrons. The molecule has 0 saturated heterocycles. The quantitative estimate of drug-likeness (QED) is 0.160. The Morgan fingerprint density at radius 3 is 1.87 bits per heavy atom. The molecule has 0 bridgehead atoms. The van der Waals surface area contributed by atoms with Gasteiger partial charge in [0.2, 0.25) is 0 Å². The molecule has 0 N–H and O–H groups in total. The summed E-state index contributed by atoms with van der Waals surface area (Å²) in [5.41, 5.74) is 24.9. The van der Waals surface area contributed by atoms with E-state index in [-0.39, 0.29) is 23.1 Å². The molecule has 0 spiro atoms. The van der Waals surface area contributed by atoms with Gasteiger partial charge in [0.15, 0.2) is 0 Å². The van der Waals surface area contributed by atoms with Crippen LogP contribution >= 0.6 is 11.3 Å². The average molecular weight is 879 g/mol. The predicted octanol–water partition coefficient (Wildman–Crippen LogP) is 16.1. The van der Waals surface area contributed by atoms with E-state index in [1.54, 1.807) is 0 Å². The van der Waals surface area contributed by atoms with Crippen LogP contribution in [0.4, 0.5) is 28.4 Å². The lowest BCUT2D eigenvalue weighted by Crippen LogP contribution is -2.61. The lowest BCUT2D eigenvalue weighted by molar-refractivity contribution is 0.590. The second kappa shape index (κ2) is 13.2. The van der Waals surface area contributed by atoms with Gasteiger partial charge in [0.1, 0.15) is 0 Å². The molecule has 4 aliphatic rings. The van der Waals surface area contributed by atoms with Gasteiger partial charge in [0.05, 0.1) is 0 Å². The van der Waals surface area contributed by atoms with E-state index < -0.39 is 0 Å². The Hall–Kier alpha value is -6.88. The molecule has 2 nitrogen and oxygen atoms in total. The second-order valence-corrected chi connectivity index (χ2v) is 22.8. The number of rotatable bonds is 2. The van der Waals surface area contributed by atoms with Crippen LogP contribution in [0, 0.1) is 6.92 Å². The van der Waals surface area contributed by atoms with Gasteiger partial charge in [-0.05, 0) is 138 Å². The Morgan fingerprint density at radius 1 is 0.493 bits per heavy atom. The van der Waals surface area contributed by atoms with Gasteiger partial charge in [0.25, 0.3) is 0 Å². The highest BCUT2D eigenvalue weighted by Crippen LogP contribution is 2.57. The van der Waals surface area contributed by atoms with Gasteiger partial charge in [0, 0.05) is 70.6 Å². The van der Waals surface area contributed by atoms with Crippen molar-refractivity contribution in [2.75, 3.05) is 9.71 Å².